The average Bonchev–Trinajstić information content (AvgIpc) is 3.02. The molecule has 2 aromatic carbocycles. The number of aromatic nitrogens is 2. The zero-order valence-corrected chi connectivity index (χ0v) is 16.2. The van der Waals surface area contributed by atoms with Gasteiger partial charge in [0.05, 0.1) is 5.25 Å². The number of rotatable bonds is 5. The number of halogens is 1. The van der Waals surface area contributed by atoms with Gasteiger partial charge in [0.1, 0.15) is 0 Å². The summed E-state index contributed by atoms with van der Waals surface area (Å²) >= 11 is 7.14. The monoisotopic (exact) mass is 387 g/mol. The minimum absolute atomic E-state index is 0.164. The number of benzene rings is 2. The Morgan fingerprint density at radius 1 is 1.15 bits per heavy atom. The van der Waals surface area contributed by atoms with Gasteiger partial charge in [0, 0.05) is 16.3 Å². The molecule has 5 nitrogen and oxygen atoms in total. The Balaban J connectivity index is 1.67. The molecule has 0 aliphatic carbocycles. The third-order valence-corrected chi connectivity index (χ3v) is 4.78. The van der Waals surface area contributed by atoms with Crippen molar-refractivity contribution in [3.8, 4) is 11.5 Å². The first-order chi connectivity index (χ1) is 12.4. The Morgan fingerprint density at radius 3 is 2.58 bits per heavy atom. The number of aryl methyl sites for hydroxylation is 2. The van der Waals surface area contributed by atoms with Crippen molar-refractivity contribution in [3.63, 3.8) is 0 Å². The number of anilines is 1. The highest BCUT2D eigenvalue weighted by Crippen LogP contribution is 2.28. The number of hydrogen-bond donors (Lipinski definition) is 1. The van der Waals surface area contributed by atoms with Gasteiger partial charge in [-0.3, -0.25) is 4.79 Å². The molecule has 134 valence electrons. The molecule has 0 radical (unpaired) electrons. The molecule has 0 aliphatic rings. The van der Waals surface area contributed by atoms with Gasteiger partial charge in [-0.1, -0.05) is 46.6 Å². The quantitative estimate of drug-likeness (QED) is 0.615. The summed E-state index contributed by atoms with van der Waals surface area (Å²) in [4.78, 5) is 12.3. The molecule has 0 bridgehead atoms. The Bertz CT molecular complexity index is 922. The van der Waals surface area contributed by atoms with Crippen LogP contribution in [-0.4, -0.2) is 21.4 Å². The molecule has 3 aromatic rings. The molecule has 1 N–H and O–H groups in total. The molecule has 0 spiro atoms. The van der Waals surface area contributed by atoms with Gasteiger partial charge < -0.3 is 9.73 Å². The lowest BCUT2D eigenvalue weighted by Crippen LogP contribution is -2.22. The van der Waals surface area contributed by atoms with Gasteiger partial charge in [0.2, 0.25) is 11.8 Å². The van der Waals surface area contributed by atoms with Gasteiger partial charge >= 0.3 is 0 Å². The SMILES string of the molecule is Cc1cc(C)cc(-c2nnc(S[C@@H](C)C(=O)Nc3cccc(Cl)c3)o2)c1. The largest absolute Gasteiger partial charge is 0.411 e. The first-order valence-corrected chi connectivity index (χ1v) is 9.32. The van der Waals surface area contributed by atoms with Crippen molar-refractivity contribution in [2.45, 2.75) is 31.2 Å². The molecule has 26 heavy (non-hydrogen) atoms. The minimum Gasteiger partial charge on any atom is -0.411 e. The zero-order valence-electron chi connectivity index (χ0n) is 14.6. The molecule has 1 atom stereocenters. The highest BCUT2D eigenvalue weighted by Gasteiger charge is 2.19. The second-order valence-corrected chi connectivity index (χ2v) is 7.74. The summed E-state index contributed by atoms with van der Waals surface area (Å²) in [6.45, 7) is 5.82. The van der Waals surface area contributed by atoms with Crippen molar-refractivity contribution in [1.82, 2.24) is 10.2 Å². The lowest BCUT2D eigenvalue weighted by atomic mass is 10.1. The maximum Gasteiger partial charge on any atom is 0.277 e. The van der Waals surface area contributed by atoms with E-state index in [4.69, 9.17) is 16.0 Å². The van der Waals surface area contributed by atoms with E-state index >= 15 is 0 Å². The van der Waals surface area contributed by atoms with E-state index in [1.807, 2.05) is 26.0 Å². The molecule has 1 heterocycles. The standard InChI is InChI=1S/C19H18ClN3O2S/c1-11-7-12(2)9-14(8-11)18-22-23-19(25-18)26-13(3)17(24)21-16-6-4-5-15(20)10-16/h4-10,13H,1-3H3,(H,21,24)/t13-/m0/s1. The van der Waals surface area contributed by atoms with Crippen molar-refractivity contribution in [2.75, 3.05) is 5.32 Å². The fourth-order valence-corrected chi connectivity index (χ4v) is 3.36. The first-order valence-electron chi connectivity index (χ1n) is 8.06. The molecule has 0 fully saturated rings. The van der Waals surface area contributed by atoms with Crippen LogP contribution in [0.2, 0.25) is 5.02 Å². The summed E-state index contributed by atoms with van der Waals surface area (Å²) in [6, 6.07) is 13.1. The maximum atomic E-state index is 12.3. The molecule has 1 aromatic heterocycles. The number of carbonyl (C=O) groups excluding carboxylic acids is 1. The smallest absolute Gasteiger partial charge is 0.277 e. The lowest BCUT2D eigenvalue weighted by Gasteiger charge is -2.10. The second kappa shape index (κ2) is 7.93. The molecule has 3 rings (SSSR count). The van der Waals surface area contributed by atoms with Gasteiger partial charge in [-0.15, -0.1) is 10.2 Å². The number of nitrogens with zero attached hydrogens (tertiary/aromatic N) is 2. The van der Waals surface area contributed by atoms with Crippen LogP contribution in [0.15, 0.2) is 52.1 Å². The van der Waals surface area contributed by atoms with E-state index < -0.39 is 5.25 Å². The zero-order chi connectivity index (χ0) is 18.7. The molecule has 0 aliphatic heterocycles. The normalized spacial score (nSPS) is 12.0. The third kappa shape index (κ3) is 4.65. The highest BCUT2D eigenvalue weighted by atomic mass is 35.5. The van der Waals surface area contributed by atoms with E-state index in [0.29, 0.717) is 21.8 Å². The van der Waals surface area contributed by atoms with Gasteiger partial charge in [0.25, 0.3) is 5.22 Å². The van der Waals surface area contributed by atoms with Crippen LogP contribution in [0.25, 0.3) is 11.5 Å². The van der Waals surface area contributed by atoms with Crippen molar-refractivity contribution >= 4 is 35.0 Å². The van der Waals surface area contributed by atoms with Crippen molar-refractivity contribution in [2.24, 2.45) is 0 Å². The molecule has 1 amide bonds. The Morgan fingerprint density at radius 2 is 1.88 bits per heavy atom. The van der Waals surface area contributed by atoms with Crippen LogP contribution in [-0.2, 0) is 4.79 Å². The fourth-order valence-electron chi connectivity index (χ4n) is 2.49. The Kier molecular flexibility index (Phi) is 5.64. The first kappa shape index (κ1) is 18.5. The van der Waals surface area contributed by atoms with E-state index in [1.165, 1.54) is 11.8 Å². The van der Waals surface area contributed by atoms with Gasteiger partial charge in [0.15, 0.2) is 0 Å². The molecule has 7 heteroatoms. The van der Waals surface area contributed by atoms with Crippen LogP contribution < -0.4 is 5.32 Å². The van der Waals surface area contributed by atoms with Crippen LogP contribution in [0.4, 0.5) is 5.69 Å². The van der Waals surface area contributed by atoms with E-state index in [1.54, 1.807) is 31.2 Å². The Hall–Kier alpha value is -2.31. The summed E-state index contributed by atoms with van der Waals surface area (Å²) < 4.78 is 5.71. The van der Waals surface area contributed by atoms with Gasteiger partial charge in [-0.05, 0) is 51.1 Å². The molecule has 0 saturated heterocycles. The summed E-state index contributed by atoms with van der Waals surface area (Å²) in [5, 5.41) is 11.5. The van der Waals surface area contributed by atoms with Crippen LogP contribution in [0.5, 0.6) is 0 Å². The second-order valence-electron chi connectivity index (χ2n) is 6.01. The summed E-state index contributed by atoms with van der Waals surface area (Å²) in [6.07, 6.45) is 0. The number of hydrogen-bond acceptors (Lipinski definition) is 5. The van der Waals surface area contributed by atoms with Crippen molar-refractivity contribution < 1.29 is 9.21 Å². The van der Waals surface area contributed by atoms with Gasteiger partial charge in [-0.2, -0.15) is 0 Å². The molecular formula is C19H18ClN3O2S. The average molecular weight is 388 g/mol. The topological polar surface area (TPSA) is 68.0 Å². The van der Waals surface area contributed by atoms with E-state index in [0.717, 1.165) is 16.7 Å². The van der Waals surface area contributed by atoms with Crippen LogP contribution >= 0.6 is 23.4 Å². The predicted molar refractivity (Wildman–Crippen MR) is 105 cm³/mol. The summed E-state index contributed by atoms with van der Waals surface area (Å²) in [5.74, 6) is 0.283. The van der Waals surface area contributed by atoms with Crippen LogP contribution in [0, 0.1) is 13.8 Å². The number of carbonyl (C=O) groups is 1. The summed E-state index contributed by atoms with van der Waals surface area (Å²) in [7, 11) is 0. The maximum absolute atomic E-state index is 12.3. The fraction of sp³-hybridized carbons (Fsp3) is 0.211. The van der Waals surface area contributed by atoms with E-state index in [9.17, 15) is 4.79 Å². The number of thioether (sulfide) groups is 1. The Labute approximate surface area is 161 Å². The number of nitrogens with one attached hydrogen (secondary N) is 1. The minimum atomic E-state index is -0.401. The van der Waals surface area contributed by atoms with Crippen molar-refractivity contribution in [3.05, 3.63) is 58.6 Å². The predicted octanol–water partition coefficient (Wildman–Crippen LogP) is 5.13. The van der Waals surface area contributed by atoms with Crippen molar-refractivity contribution in [1.29, 1.82) is 0 Å². The molecular weight excluding hydrogens is 370 g/mol. The highest BCUT2D eigenvalue weighted by molar-refractivity contribution is 8.00. The number of amides is 1. The molecule has 0 unspecified atom stereocenters. The van der Waals surface area contributed by atoms with Crippen LogP contribution in [0.1, 0.15) is 18.1 Å². The van der Waals surface area contributed by atoms with Gasteiger partial charge in [-0.25, -0.2) is 0 Å². The van der Waals surface area contributed by atoms with E-state index in [-0.39, 0.29) is 5.91 Å². The van der Waals surface area contributed by atoms with Crippen LogP contribution in [0.3, 0.4) is 0 Å². The lowest BCUT2D eigenvalue weighted by molar-refractivity contribution is -0.115. The third-order valence-electron chi connectivity index (χ3n) is 3.61. The van der Waals surface area contributed by atoms with E-state index in [2.05, 4.69) is 21.6 Å². The molecule has 0 saturated carbocycles. The summed E-state index contributed by atoms with van der Waals surface area (Å²) in [5.41, 5.74) is 3.78.